The van der Waals surface area contributed by atoms with E-state index >= 15 is 0 Å². The van der Waals surface area contributed by atoms with Gasteiger partial charge in [-0.05, 0) is 44.0 Å². The number of hydrogen-bond acceptors (Lipinski definition) is 4. The van der Waals surface area contributed by atoms with Crippen molar-refractivity contribution in [2.45, 2.75) is 20.3 Å². The molecule has 0 saturated carbocycles. The Morgan fingerprint density at radius 1 is 1.50 bits per heavy atom. The maximum Gasteiger partial charge on any atom is 0.313 e. The van der Waals surface area contributed by atoms with Gasteiger partial charge in [-0.15, -0.1) is 0 Å². The van der Waals surface area contributed by atoms with E-state index in [0.717, 1.165) is 0 Å². The third-order valence-corrected chi connectivity index (χ3v) is 2.90. The Morgan fingerprint density at radius 2 is 2.17 bits per heavy atom. The minimum atomic E-state index is -0.891. The Bertz CT molecular complexity index is 437. The molecule has 0 saturated heterocycles. The molecular formula is C13H19FN2O2. The summed E-state index contributed by atoms with van der Waals surface area (Å²) < 4.78 is 18.2. The lowest BCUT2D eigenvalue weighted by molar-refractivity contribution is -0.153. The lowest BCUT2D eigenvalue weighted by Gasteiger charge is -2.26. The molecule has 0 aliphatic rings. The molecule has 0 aliphatic heterocycles. The van der Waals surface area contributed by atoms with Gasteiger partial charge in [-0.1, -0.05) is 0 Å². The molecule has 0 bridgehead atoms. The highest BCUT2D eigenvalue weighted by atomic mass is 19.1. The Balaban J connectivity index is 2.97. The summed E-state index contributed by atoms with van der Waals surface area (Å²) in [4.78, 5) is 11.9. The number of esters is 1. The molecule has 0 heterocycles. The zero-order valence-electron chi connectivity index (χ0n) is 10.7. The monoisotopic (exact) mass is 254 g/mol. The quantitative estimate of drug-likeness (QED) is 0.616. The summed E-state index contributed by atoms with van der Waals surface area (Å²) >= 11 is 0. The van der Waals surface area contributed by atoms with Gasteiger partial charge < -0.3 is 16.2 Å². The van der Waals surface area contributed by atoms with Gasteiger partial charge in [0.2, 0.25) is 0 Å². The van der Waals surface area contributed by atoms with Crippen LogP contribution in [0.5, 0.6) is 0 Å². The van der Waals surface area contributed by atoms with Gasteiger partial charge in [0.05, 0.1) is 12.0 Å². The van der Waals surface area contributed by atoms with Crippen LogP contribution in [0.15, 0.2) is 18.2 Å². The fraction of sp³-hybridized carbons (Fsp3) is 0.462. The number of anilines is 1. The number of rotatable bonds is 5. The Morgan fingerprint density at radius 3 is 2.72 bits per heavy atom. The van der Waals surface area contributed by atoms with Crippen LogP contribution in [-0.2, 0) is 16.0 Å². The summed E-state index contributed by atoms with van der Waals surface area (Å²) in [5.41, 5.74) is 11.5. The van der Waals surface area contributed by atoms with Gasteiger partial charge in [0, 0.05) is 12.2 Å². The third-order valence-electron chi connectivity index (χ3n) is 2.90. The lowest BCUT2D eigenvalue weighted by Crippen LogP contribution is -2.39. The minimum Gasteiger partial charge on any atom is -0.466 e. The number of carbonyl (C=O) groups excluding carboxylic acids is 1. The lowest BCUT2D eigenvalue weighted by atomic mass is 9.83. The molecule has 1 aromatic carbocycles. The second-order valence-electron chi connectivity index (χ2n) is 4.51. The van der Waals surface area contributed by atoms with Gasteiger partial charge in [0.25, 0.3) is 0 Å². The number of hydrogen-bond donors (Lipinski definition) is 2. The van der Waals surface area contributed by atoms with Crippen LogP contribution in [0.1, 0.15) is 19.4 Å². The van der Waals surface area contributed by atoms with Crippen molar-refractivity contribution in [1.29, 1.82) is 0 Å². The molecule has 0 fully saturated rings. The second kappa shape index (κ2) is 5.82. The van der Waals surface area contributed by atoms with E-state index in [2.05, 4.69) is 0 Å². The Kier molecular flexibility index (Phi) is 4.67. The predicted molar refractivity (Wildman–Crippen MR) is 68.3 cm³/mol. The molecule has 0 aromatic heterocycles. The Hall–Kier alpha value is -1.62. The van der Waals surface area contributed by atoms with Crippen molar-refractivity contribution in [3.8, 4) is 0 Å². The maximum absolute atomic E-state index is 13.2. The molecule has 1 aromatic rings. The first-order valence-electron chi connectivity index (χ1n) is 5.84. The minimum absolute atomic E-state index is 0.113. The van der Waals surface area contributed by atoms with E-state index < -0.39 is 11.4 Å². The topological polar surface area (TPSA) is 78.3 Å². The molecule has 0 amide bonds. The fourth-order valence-electron chi connectivity index (χ4n) is 1.68. The molecule has 100 valence electrons. The Labute approximate surface area is 106 Å². The first-order chi connectivity index (χ1) is 8.42. The van der Waals surface area contributed by atoms with Gasteiger partial charge in [-0.3, -0.25) is 4.79 Å². The van der Waals surface area contributed by atoms with E-state index in [1.54, 1.807) is 13.8 Å². The van der Waals surface area contributed by atoms with Gasteiger partial charge in [-0.25, -0.2) is 4.39 Å². The van der Waals surface area contributed by atoms with Crippen molar-refractivity contribution in [2.24, 2.45) is 11.1 Å². The fourth-order valence-corrected chi connectivity index (χ4v) is 1.68. The van der Waals surface area contributed by atoms with E-state index in [1.807, 2.05) is 0 Å². The van der Waals surface area contributed by atoms with Gasteiger partial charge in [0.1, 0.15) is 5.82 Å². The molecular weight excluding hydrogens is 235 g/mol. The average Bonchev–Trinajstić information content (AvgIpc) is 2.34. The van der Waals surface area contributed by atoms with Crippen LogP contribution >= 0.6 is 0 Å². The summed E-state index contributed by atoms with van der Waals surface area (Å²) in [5, 5.41) is 0. The molecule has 1 rings (SSSR count). The number of ether oxygens (including phenoxy) is 1. The largest absolute Gasteiger partial charge is 0.466 e. The first-order valence-corrected chi connectivity index (χ1v) is 5.84. The molecule has 1 atom stereocenters. The SMILES string of the molecule is CCOC(=O)C(C)(CN)Cc1cc(F)ccc1N. The summed E-state index contributed by atoms with van der Waals surface area (Å²) in [6.07, 6.45) is 0.256. The van der Waals surface area contributed by atoms with Crippen molar-refractivity contribution in [3.63, 3.8) is 0 Å². The van der Waals surface area contributed by atoms with Crippen LogP contribution in [0.25, 0.3) is 0 Å². The molecule has 0 radical (unpaired) electrons. The standard InChI is InChI=1S/C13H19FN2O2/c1-3-18-12(17)13(2,8-15)7-9-6-10(14)4-5-11(9)16/h4-6H,3,7-8,15-16H2,1-2H3. The number of halogens is 1. The molecule has 4 nitrogen and oxygen atoms in total. The highest BCUT2D eigenvalue weighted by Gasteiger charge is 2.34. The normalized spacial score (nSPS) is 14.0. The average molecular weight is 254 g/mol. The van der Waals surface area contributed by atoms with Crippen molar-refractivity contribution in [1.82, 2.24) is 0 Å². The highest BCUT2D eigenvalue weighted by molar-refractivity contribution is 5.77. The van der Waals surface area contributed by atoms with Crippen molar-refractivity contribution < 1.29 is 13.9 Å². The van der Waals surface area contributed by atoms with Crippen LogP contribution in [-0.4, -0.2) is 19.1 Å². The zero-order valence-corrected chi connectivity index (χ0v) is 10.7. The van der Waals surface area contributed by atoms with Gasteiger partial charge in [-0.2, -0.15) is 0 Å². The van der Waals surface area contributed by atoms with Crippen molar-refractivity contribution in [3.05, 3.63) is 29.6 Å². The maximum atomic E-state index is 13.2. The van der Waals surface area contributed by atoms with Crippen LogP contribution in [0.2, 0.25) is 0 Å². The summed E-state index contributed by atoms with van der Waals surface area (Å²) in [5.74, 6) is -0.779. The number of carbonyl (C=O) groups is 1. The van der Waals surface area contributed by atoms with Crippen molar-refractivity contribution >= 4 is 11.7 Å². The van der Waals surface area contributed by atoms with E-state index in [1.165, 1.54) is 18.2 Å². The molecule has 0 spiro atoms. The van der Waals surface area contributed by atoms with E-state index in [4.69, 9.17) is 16.2 Å². The molecule has 0 aliphatic carbocycles. The molecule has 18 heavy (non-hydrogen) atoms. The van der Waals surface area contributed by atoms with Crippen LogP contribution < -0.4 is 11.5 Å². The van der Waals surface area contributed by atoms with Crippen LogP contribution in [0, 0.1) is 11.2 Å². The second-order valence-corrected chi connectivity index (χ2v) is 4.51. The molecule has 5 heteroatoms. The highest BCUT2D eigenvalue weighted by Crippen LogP contribution is 2.26. The zero-order chi connectivity index (χ0) is 13.8. The van der Waals surface area contributed by atoms with Crippen LogP contribution in [0.4, 0.5) is 10.1 Å². The summed E-state index contributed by atoms with van der Waals surface area (Å²) in [6, 6.07) is 4.08. The summed E-state index contributed by atoms with van der Waals surface area (Å²) in [7, 11) is 0. The first kappa shape index (κ1) is 14.4. The predicted octanol–water partition coefficient (Wildman–Crippen LogP) is 1.48. The van der Waals surface area contributed by atoms with Crippen molar-refractivity contribution in [2.75, 3.05) is 18.9 Å². The van der Waals surface area contributed by atoms with E-state index in [9.17, 15) is 9.18 Å². The van der Waals surface area contributed by atoms with Gasteiger partial charge in [0.15, 0.2) is 0 Å². The third kappa shape index (κ3) is 3.20. The van der Waals surface area contributed by atoms with E-state index in [0.29, 0.717) is 11.3 Å². The van der Waals surface area contributed by atoms with Gasteiger partial charge >= 0.3 is 5.97 Å². The summed E-state index contributed by atoms with van der Waals surface area (Å²) in [6.45, 7) is 3.82. The number of benzene rings is 1. The van der Waals surface area contributed by atoms with E-state index in [-0.39, 0.29) is 25.4 Å². The number of nitrogens with two attached hydrogens (primary N) is 2. The number of nitrogen functional groups attached to an aromatic ring is 1. The van der Waals surface area contributed by atoms with Crippen LogP contribution in [0.3, 0.4) is 0 Å². The molecule has 4 N–H and O–H groups in total. The smallest absolute Gasteiger partial charge is 0.313 e. The molecule has 1 unspecified atom stereocenters.